The van der Waals surface area contributed by atoms with E-state index in [-0.39, 0.29) is 5.92 Å². The minimum atomic E-state index is -0.120. The summed E-state index contributed by atoms with van der Waals surface area (Å²) >= 11 is 0. The normalized spacial score (nSPS) is 13.1. The number of allylic oxidation sites excluding steroid dienone is 1. The van der Waals surface area contributed by atoms with Crippen LogP contribution in [0.4, 0.5) is 0 Å². The molecule has 0 aromatic heterocycles. The van der Waals surface area contributed by atoms with E-state index in [4.69, 9.17) is 0 Å². The monoisotopic (exact) mass is 159 g/mol. The zero-order valence-corrected chi connectivity index (χ0v) is 7.03. The van der Waals surface area contributed by atoms with Crippen molar-refractivity contribution in [2.75, 3.05) is 0 Å². The molecule has 0 spiro atoms. The van der Waals surface area contributed by atoms with E-state index in [0.717, 1.165) is 5.56 Å². The Morgan fingerprint density at radius 3 is 2.58 bits per heavy atom. The molecule has 0 saturated carbocycles. The highest BCUT2D eigenvalue weighted by Crippen LogP contribution is 2.03. The first-order valence-electron chi connectivity index (χ1n) is 3.94. The summed E-state index contributed by atoms with van der Waals surface area (Å²) in [5, 5.41) is 0. The Morgan fingerprint density at radius 2 is 2.00 bits per heavy atom. The van der Waals surface area contributed by atoms with Gasteiger partial charge in [-0.1, -0.05) is 49.4 Å². The van der Waals surface area contributed by atoms with Gasteiger partial charge in [0.2, 0.25) is 6.29 Å². The highest BCUT2D eigenvalue weighted by molar-refractivity contribution is 5.61. The molecular formula is C11H11O. The lowest BCUT2D eigenvalue weighted by Crippen LogP contribution is -1.87. The molecule has 1 nitrogen and oxygen atoms in total. The molecule has 61 valence electrons. The first kappa shape index (κ1) is 8.72. The maximum Gasteiger partial charge on any atom is 0.205 e. The summed E-state index contributed by atoms with van der Waals surface area (Å²) in [6.45, 7) is 1.81. The van der Waals surface area contributed by atoms with E-state index in [2.05, 4.69) is 0 Å². The molecule has 0 aliphatic carbocycles. The van der Waals surface area contributed by atoms with Crippen LogP contribution in [0.25, 0.3) is 6.08 Å². The quantitative estimate of drug-likeness (QED) is 0.662. The van der Waals surface area contributed by atoms with Crippen molar-refractivity contribution >= 4 is 12.4 Å². The van der Waals surface area contributed by atoms with E-state index >= 15 is 0 Å². The van der Waals surface area contributed by atoms with Crippen molar-refractivity contribution in [3.05, 3.63) is 42.0 Å². The van der Waals surface area contributed by atoms with Crippen LogP contribution in [0.15, 0.2) is 36.4 Å². The topological polar surface area (TPSA) is 17.1 Å². The number of hydrogen-bond acceptors (Lipinski definition) is 1. The molecule has 0 fully saturated rings. The van der Waals surface area contributed by atoms with Crippen LogP contribution in [-0.4, -0.2) is 6.29 Å². The molecule has 1 unspecified atom stereocenters. The van der Waals surface area contributed by atoms with Gasteiger partial charge in [0.15, 0.2) is 0 Å². The average Bonchev–Trinajstić information content (AvgIpc) is 2.16. The zero-order valence-electron chi connectivity index (χ0n) is 7.03. The van der Waals surface area contributed by atoms with Crippen molar-refractivity contribution in [2.24, 2.45) is 5.92 Å². The Balaban J connectivity index is 2.63. The van der Waals surface area contributed by atoms with Crippen molar-refractivity contribution in [1.29, 1.82) is 0 Å². The largest absolute Gasteiger partial charge is 0.290 e. The Labute approximate surface area is 72.7 Å². The summed E-state index contributed by atoms with van der Waals surface area (Å²) in [6, 6.07) is 9.89. The van der Waals surface area contributed by atoms with E-state index in [0.29, 0.717) is 0 Å². The van der Waals surface area contributed by atoms with Gasteiger partial charge in [-0.25, -0.2) is 0 Å². The molecule has 0 amide bonds. The lowest BCUT2D eigenvalue weighted by atomic mass is 10.1. The fourth-order valence-corrected chi connectivity index (χ4v) is 0.859. The Morgan fingerprint density at radius 1 is 1.33 bits per heavy atom. The van der Waals surface area contributed by atoms with E-state index in [1.54, 1.807) is 0 Å². The lowest BCUT2D eigenvalue weighted by molar-refractivity contribution is 0.543. The second kappa shape index (κ2) is 4.50. The maximum atomic E-state index is 10.1. The first-order valence-corrected chi connectivity index (χ1v) is 3.94. The van der Waals surface area contributed by atoms with Gasteiger partial charge < -0.3 is 0 Å². The third-order valence-electron chi connectivity index (χ3n) is 1.56. The van der Waals surface area contributed by atoms with Gasteiger partial charge in [-0.05, 0) is 5.56 Å². The third kappa shape index (κ3) is 2.70. The van der Waals surface area contributed by atoms with Crippen molar-refractivity contribution in [1.82, 2.24) is 0 Å². The Kier molecular flexibility index (Phi) is 3.27. The fraction of sp³-hybridized carbons (Fsp3) is 0.182. The van der Waals surface area contributed by atoms with E-state index in [9.17, 15) is 4.79 Å². The van der Waals surface area contributed by atoms with Crippen molar-refractivity contribution in [3.8, 4) is 0 Å². The molecule has 0 N–H and O–H groups in total. The van der Waals surface area contributed by atoms with Crippen LogP contribution in [0, 0.1) is 5.92 Å². The van der Waals surface area contributed by atoms with Gasteiger partial charge >= 0.3 is 0 Å². The summed E-state index contributed by atoms with van der Waals surface area (Å²) in [7, 11) is 0. The van der Waals surface area contributed by atoms with Crippen LogP contribution in [-0.2, 0) is 4.79 Å². The first-order chi connectivity index (χ1) is 5.83. The molecule has 1 aromatic rings. The van der Waals surface area contributed by atoms with Crippen LogP contribution in [0.5, 0.6) is 0 Å². The molecule has 1 atom stereocenters. The lowest BCUT2D eigenvalue weighted by Gasteiger charge is -1.92. The van der Waals surface area contributed by atoms with E-state index < -0.39 is 0 Å². The molecular weight excluding hydrogens is 148 g/mol. The predicted molar refractivity (Wildman–Crippen MR) is 50.3 cm³/mol. The minimum absolute atomic E-state index is 0.120. The average molecular weight is 159 g/mol. The van der Waals surface area contributed by atoms with Crippen LogP contribution in [0.3, 0.4) is 0 Å². The van der Waals surface area contributed by atoms with E-state index in [1.807, 2.05) is 55.7 Å². The van der Waals surface area contributed by atoms with Gasteiger partial charge in [-0.15, -0.1) is 0 Å². The van der Waals surface area contributed by atoms with Crippen molar-refractivity contribution in [2.45, 2.75) is 6.92 Å². The Hall–Kier alpha value is -1.37. The van der Waals surface area contributed by atoms with Crippen molar-refractivity contribution < 1.29 is 4.79 Å². The van der Waals surface area contributed by atoms with Gasteiger partial charge in [-0.3, -0.25) is 4.79 Å². The molecule has 1 rings (SSSR count). The number of hydrogen-bond donors (Lipinski definition) is 0. The van der Waals surface area contributed by atoms with Crippen LogP contribution in [0.1, 0.15) is 12.5 Å². The summed E-state index contributed by atoms with van der Waals surface area (Å²) in [5.74, 6) is -0.120. The molecule has 1 radical (unpaired) electrons. The molecule has 1 aromatic carbocycles. The number of rotatable bonds is 3. The van der Waals surface area contributed by atoms with Gasteiger partial charge in [0.25, 0.3) is 0 Å². The minimum Gasteiger partial charge on any atom is -0.290 e. The highest BCUT2D eigenvalue weighted by atomic mass is 16.1. The standard InChI is InChI=1S/C11H11O/c1-10(9-12)7-8-11-5-3-2-4-6-11/h2-8,10H,1H3/b8-7+. The summed E-state index contributed by atoms with van der Waals surface area (Å²) < 4.78 is 0. The SMILES string of the molecule is CC([C]=O)/C=C/c1ccccc1. The number of benzene rings is 1. The molecule has 0 aliphatic heterocycles. The van der Waals surface area contributed by atoms with Gasteiger partial charge in [-0.2, -0.15) is 0 Å². The van der Waals surface area contributed by atoms with Crippen molar-refractivity contribution in [3.63, 3.8) is 0 Å². The summed E-state index contributed by atoms with van der Waals surface area (Å²) in [6.07, 6.45) is 5.66. The second-order valence-electron chi connectivity index (χ2n) is 2.68. The fourth-order valence-electron chi connectivity index (χ4n) is 0.859. The molecule has 0 saturated heterocycles. The van der Waals surface area contributed by atoms with Crippen LogP contribution >= 0.6 is 0 Å². The molecule has 12 heavy (non-hydrogen) atoms. The molecule has 0 heterocycles. The second-order valence-corrected chi connectivity index (χ2v) is 2.68. The van der Waals surface area contributed by atoms with Crippen LogP contribution in [0.2, 0.25) is 0 Å². The van der Waals surface area contributed by atoms with Crippen LogP contribution < -0.4 is 0 Å². The maximum absolute atomic E-state index is 10.1. The molecule has 0 bridgehead atoms. The highest BCUT2D eigenvalue weighted by Gasteiger charge is 1.91. The molecule has 1 heteroatoms. The third-order valence-corrected chi connectivity index (χ3v) is 1.56. The van der Waals surface area contributed by atoms with Gasteiger partial charge in [0.05, 0.1) is 0 Å². The zero-order chi connectivity index (χ0) is 8.81. The summed E-state index contributed by atoms with van der Waals surface area (Å²) in [5.41, 5.74) is 1.11. The smallest absolute Gasteiger partial charge is 0.205 e. The Bertz CT molecular complexity index is 262. The summed E-state index contributed by atoms with van der Waals surface area (Å²) in [4.78, 5) is 10.1. The van der Waals surface area contributed by atoms with Gasteiger partial charge in [0, 0.05) is 5.92 Å². The van der Waals surface area contributed by atoms with E-state index in [1.165, 1.54) is 0 Å². The number of carbonyl (C=O) groups excluding carboxylic acids is 1. The predicted octanol–water partition coefficient (Wildman–Crippen LogP) is 2.45. The molecule has 0 aliphatic rings. The van der Waals surface area contributed by atoms with Gasteiger partial charge in [0.1, 0.15) is 0 Å².